The molecule has 0 N–H and O–H groups in total. The normalized spacial score (nSPS) is 13.9. The SMILES string of the molecule is Cc1cc2c3c(c1)N(c1ccc4c(c1)C(C)(C)c1ccccc1-4)c1cc(N(c4ccc(-c5ccccc5)cc4)c4ccc(-c5ccccc5)cc4)ccc1B3c1cc(C(C)(C)C)ccc1N2c1ccc(C(C)(C)C)cc1. The van der Waals surface area contributed by atoms with Crippen LogP contribution in [0, 0.1) is 6.92 Å². The first-order valence-corrected chi connectivity index (χ1v) is 27.1. The molecule has 0 unspecified atom stereocenters. The van der Waals surface area contributed by atoms with E-state index in [1.807, 2.05) is 0 Å². The van der Waals surface area contributed by atoms with Crippen molar-refractivity contribution in [2.45, 2.75) is 78.6 Å². The molecule has 0 radical (unpaired) electrons. The van der Waals surface area contributed by atoms with E-state index in [1.54, 1.807) is 0 Å². The summed E-state index contributed by atoms with van der Waals surface area (Å²) in [5, 5.41) is 0. The van der Waals surface area contributed by atoms with Gasteiger partial charge in [0.15, 0.2) is 0 Å². The van der Waals surface area contributed by atoms with Gasteiger partial charge in [0.25, 0.3) is 6.71 Å². The summed E-state index contributed by atoms with van der Waals surface area (Å²) in [6.45, 7) is 20.9. The third kappa shape index (κ3) is 7.80. The summed E-state index contributed by atoms with van der Waals surface area (Å²) in [4.78, 5) is 7.60. The zero-order valence-corrected chi connectivity index (χ0v) is 45.3. The largest absolute Gasteiger partial charge is 0.311 e. The molecule has 0 saturated heterocycles. The van der Waals surface area contributed by atoms with Gasteiger partial charge in [0, 0.05) is 56.6 Å². The molecule has 10 aromatic rings. The van der Waals surface area contributed by atoms with Crippen LogP contribution in [-0.2, 0) is 16.2 Å². The summed E-state index contributed by atoms with van der Waals surface area (Å²) in [6, 6.07) is 84.6. The zero-order chi connectivity index (χ0) is 52.3. The fourth-order valence-electron chi connectivity index (χ4n) is 12.5. The molecule has 13 rings (SSSR count). The molecule has 0 fully saturated rings. The third-order valence-electron chi connectivity index (χ3n) is 16.6. The molecule has 0 bridgehead atoms. The highest BCUT2D eigenvalue weighted by atomic mass is 15.2. The van der Waals surface area contributed by atoms with Crippen molar-refractivity contribution in [1.29, 1.82) is 0 Å². The lowest BCUT2D eigenvalue weighted by atomic mass is 9.33. The van der Waals surface area contributed by atoms with Gasteiger partial charge in [-0.05, 0) is 174 Å². The minimum absolute atomic E-state index is 0.0350. The molecular weight excluding hydrogens is 918 g/mol. The average molecular weight is 982 g/mol. The van der Waals surface area contributed by atoms with Crippen LogP contribution in [0.25, 0.3) is 33.4 Å². The second-order valence-electron chi connectivity index (χ2n) is 23.9. The first kappa shape index (κ1) is 47.4. The molecule has 76 heavy (non-hydrogen) atoms. The Bertz CT molecular complexity index is 3780. The maximum atomic E-state index is 2.61. The standard InChI is InChI=1S/C72H64BN3/c1-47-42-67-69-68(43-47)76(57-37-39-60-59-22-16-17-23-61(59)72(8,9)62(60)45-57)66-46-58(74(54-31-24-50(25-32-54)48-18-12-10-13-19-48)55-33-26-51(27-34-55)49-20-14-11-15-21-49)38-40-63(66)73(69)64-44-53(71(5,6)7)30-41-65(64)75(67)56-35-28-52(29-36-56)70(2,3)4/h10-46H,1-9H3. The van der Waals surface area contributed by atoms with Crippen LogP contribution in [0.5, 0.6) is 0 Å². The molecule has 1 aliphatic carbocycles. The van der Waals surface area contributed by atoms with E-state index in [9.17, 15) is 0 Å². The van der Waals surface area contributed by atoms with Crippen molar-refractivity contribution in [2.24, 2.45) is 0 Å². The lowest BCUT2D eigenvalue weighted by molar-refractivity contribution is 0.590. The predicted octanol–water partition coefficient (Wildman–Crippen LogP) is 17.8. The Morgan fingerprint density at radius 2 is 0.882 bits per heavy atom. The van der Waals surface area contributed by atoms with E-state index in [4.69, 9.17) is 0 Å². The smallest absolute Gasteiger partial charge is 0.252 e. The quantitative estimate of drug-likeness (QED) is 0.147. The first-order valence-electron chi connectivity index (χ1n) is 27.1. The molecule has 3 aliphatic rings. The molecule has 0 saturated carbocycles. The van der Waals surface area contributed by atoms with E-state index in [0.717, 1.165) is 22.7 Å². The van der Waals surface area contributed by atoms with Crippen LogP contribution in [-0.4, -0.2) is 6.71 Å². The molecule has 0 amide bonds. The van der Waals surface area contributed by atoms with Crippen molar-refractivity contribution in [2.75, 3.05) is 14.7 Å². The molecule has 4 heteroatoms. The Hall–Kier alpha value is -8.34. The van der Waals surface area contributed by atoms with Gasteiger partial charge in [-0.1, -0.05) is 201 Å². The monoisotopic (exact) mass is 982 g/mol. The van der Waals surface area contributed by atoms with Crippen LogP contribution in [0.2, 0.25) is 0 Å². The summed E-state index contributed by atoms with van der Waals surface area (Å²) in [7, 11) is 0. The van der Waals surface area contributed by atoms with Crippen LogP contribution in [0.15, 0.2) is 224 Å². The van der Waals surface area contributed by atoms with Crippen molar-refractivity contribution < 1.29 is 0 Å². The lowest BCUT2D eigenvalue weighted by Crippen LogP contribution is -2.61. The third-order valence-corrected chi connectivity index (χ3v) is 16.6. The Morgan fingerprint density at radius 3 is 1.47 bits per heavy atom. The van der Waals surface area contributed by atoms with E-state index in [1.165, 1.54) is 106 Å². The van der Waals surface area contributed by atoms with Gasteiger partial charge in [-0.25, -0.2) is 0 Å². The Kier molecular flexibility index (Phi) is 11.0. The fraction of sp³-hybridized carbons (Fsp3) is 0.167. The van der Waals surface area contributed by atoms with Crippen molar-refractivity contribution in [1.82, 2.24) is 0 Å². The first-order chi connectivity index (χ1) is 36.6. The second kappa shape index (κ2) is 17.6. The van der Waals surface area contributed by atoms with Gasteiger partial charge in [-0.15, -0.1) is 0 Å². The summed E-state index contributed by atoms with van der Waals surface area (Å²) >= 11 is 0. The number of hydrogen-bond donors (Lipinski definition) is 0. The van der Waals surface area contributed by atoms with Crippen LogP contribution in [0.1, 0.15) is 83.2 Å². The molecule has 2 heterocycles. The number of hydrogen-bond acceptors (Lipinski definition) is 3. The van der Waals surface area contributed by atoms with Crippen molar-refractivity contribution in [3.8, 4) is 33.4 Å². The maximum Gasteiger partial charge on any atom is 0.252 e. The minimum atomic E-state index is -0.177. The zero-order valence-electron chi connectivity index (χ0n) is 45.3. The number of benzene rings is 10. The van der Waals surface area contributed by atoms with Crippen molar-refractivity contribution in [3.05, 3.63) is 252 Å². The highest BCUT2D eigenvalue weighted by Gasteiger charge is 2.45. The van der Waals surface area contributed by atoms with Crippen LogP contribution in [0.3, 0.4) is 0 Å². The molecule has 10 aromatic carbocycles. The van der Waals surface area contributed by atoms with Gasteiger partial charge >= 0.3 is 0 Å². The van der Waals surface area contributed by atoms with E-state index in [2.05, 4.69) is 301 Å². The molecule has 370 valence electrons. The summed E-state index contributed by atoms with van der Waals surface area (Å²) in [5.74, 6) is 0. The maximum absolute atomic E-state index is 2.61. The number of anilines is 9. The Balaban J connectivity index is 1.06. The second-order valence-corrected chi connectivity index (χ2v) is 23.9. The van der Waals surface area contributed by atoms with Gasteiger partial charge in [-0.3, -0.25) is 0 Å². The van der Waals surface area contributed by atoms with Crippen LogP contribution in [0.4, 0.5) is 51.2 Å². The predicted molar refractivity (Wildman–Crippen MR) is 326 cm³/mol. The fourth-order valence-corrected chi connectivity index (χ4v) is 12.5. The number of fused-ring (bicyclic) bond motifs is 7. The summed E-state index contributed by atoms with van der Waals surface area (Å²) in [6.07, 6.45) is 0. The average Bonchev–Trinajstić information content (AvgIpc) is 3.82. The lowest BCUT2D eigenvalue weighted by Gasteiger charge is -2.45. The van der Waals surface area contributed by atoms with Gasteiger partial charge in [0.05, 0.1) is 0 Å². The van der Waals surface area contributed by atoms with E-state index >= 15 is 0 Å². The number of nitrogens with zero attached hydrogens (tertiary/aromatic N) is 3. The Morgan fingerprint density at radius 1 is 0.382 bits per heavy atom. The number of aryl methyl sites for hydroxylation is 1. The van der Waals surface area contributed by atoms with Gasteiger partial charge < -0.3 is 14.7 Å². The molecule has 3 nitrogen and oxygen atoms in total. The van der Waals surface area contributed by atoms with Gasteiger partial charge in [-0.2, -0.15) is 0 Å². The van der Waals surface area contributed by atoms with E-state index in [0.29, 0.717) is 0 Å². The van der Waals surface area contributed by atoms with Crippen molar-refractivity contribution >= 4 is 74.3 Å². The molecular formula is C72H64BN3. The number of rotatable bonds is 7. The van der Waals surface area contributed by atoms with E-state index in [-0.39, 0.29) is 23.0 Å². The van der Waals surface area contributed by atoms with Crippen LogP contribution < -0.4 is 31.1 Å². The minimum Gasteiger partial charge on any atom is -0.311 e. The van der Waals surface area contributed by atoms with Gasteiger partial charge in [0.1, 0.15) is 0 Å². The van der Waals surface area contributed by atoms with Crippen molar-refractivity contribution in [3.63, 3.8) is 0 Å². The van der Waals surface area contributed by atoms with Crippen LogP contribution >= 0.6 is 0 Å². The van der Waals surface area contributed by atoms with E-state index < -0.39 is 0 Å². The van der Waals surface area contributed by atoms with Gasteiger partial charge in [0.2, 0.25) is 0 Å². The topological polar surface area (TPSA) is 9.72 Å². The molecule has 0 spiro atoms. The Labute approximate surface area is 450 Å². The highest BCUT2D eigenvalue weighted by Crippen LogP contribution is 2.52. The highest BCUT2D eigenvalue weighted by molar-refractivity contribution is 7.00. The molecule has 0 aromatic heterocycles. The summed E-state index contributed by atoms with van der Waals surface area (Å²) < 4.78 is 0. The summed E-state index contributed by atoms with van der Waals surface area (Å²) in [5.41, 5.74) is 28.2. The molecule has 2 aliphatic heterocycles. The molecule has 0 atom stereocenters.